The second-order valence-corrected chi connectivity index (χ2v) is 10.5. The van der Waals surface area contributed by atoms with E-state index in [-0.39, 0.29) is 17.3 Å². The number of nitrogens with one attached hydrogen (secondary N) is 2. The lowest BCUT2D eigenvalue weighted by atomic mass is 9.92. The van der Waals surface area contributed by atoms with Gasteiger partial charge in [-0.05, 0) is 18.8 Å². The van der Waals surface area contributed by atoms with Crippen molar-refractivity contribution < 1.29 is 23.1 Å². The summed E-state index contributed by atoms with van der Waals surface area (Å²) in [5.41, 5.74) is 5.03. The van der Waals surface area contributed by atoms with Crippen LogP contribution in [0.25, 0.3) is 11.4 Å². The monoisotopic (exact) mass is 606 g/mol. The highest BCUT2D eigenvalue weighted by molar-refractivity contribution is 5.61. The number of hydrogen-bond acceptors (Lipinski definition) is 11. The molecule has 3 rings (SSSR count). The lowest BCUT2D eigenvalue weighted by Crippen LogP contribution is -2.38. The lowest BCUT2D eigenvalue weighted by molar-refractivity contribution is -0.110. The van der Waals surface area contributed by atoms with Gasteiger partial charge in [0.15, 0.2) is 5.82 Å². The number of rotatable bonds is 21. The quantitative estimate of drug-likeness (QED) is 0.141. The first-order valence-electron chi connectivity index (χ1n) is 15.1. The van der Waals surface area contributed by atoms with Crippen molar-refractivity contribution in [3.8, 4) is 11.4 Å². The zero-order valence-corrected chi connectivity index (χ0v) is 24.9. The molecule has 0 spiro atoms. The molecule has 1 fully saturated rings. The molecule has 0 bridgehead atoms. The molecule has 2 aromatic rings. The number of morpholine rings is 1. The largest absolute Gasteiger partial charge is 0.378 e. The van der Waals surface area contributed by atoms with E-state index >= 15 is 0 Å². The Morgan fingerprint density at radius 3 is 2.44 bits per heavy atom. The van der Waals surface area contributed by atoms with Crippen LogP contribution < -0.4 is 26.2 Å². The zero-order chi connectivity index (χ0) is 30.9. The zero-order valence-electron chi connectivity index (χ0n) is 24.9. The minimum Gasteiger partial charge on any atom is -0.378 e. The van der Waals surface area contributed by atoms with Crippen LogP contribution >= 0.6 is 0 Å². The number of carbonyl (C=O) groups excluding carboxylic acids is 2. The van der Waals surface area contributed by atoms with Crippen LogP contribution in [0.5, 0.6) is 0 Å². The molecule has 1 aliphatic heterocycles. The van der Waals surface area contributed by atoms with Crippen LogP contribution in [0.1, 0.15) is 70.4 Å². The van der Waals surface area contributed by atoms with Crippen molar-refractivity contribution in [3.63, 3.8) is 0 Å². The third-order valence-electron chi connectivity index (χ3n) is 7.37. The molecule has 2 amide bonds. The number of alkyl halides is 2. The first-order chi connectivity index (χ1) is 21.0. The molecule has 238 valence electrons. The van der Waals surface area contributed by atoms with Gasteiger partial charge in [-0.25, -0.2) is 18.7 Å². The number of halogens is 2. The van der Waals surface area contributed by atoms with Gasteiger partial charge in [-0.15, -0.1) is 0 Å². The molecule has 1 unspecified atom stereocenters. The van der Waals surface area contributed by atoms with Gasteiger partial charge in [0.2, 0.25) is 30.7 Å². The fraction of sp³-hybridized carbons (Fsp3) is 0.679. The summed E-state index contributed by atoms with van der Waals surface area (Å²) in [5, 5.41) is 5.45. The molecule has 0 radical (unpaired) electrons. The number of carbonyl (C=O) groups is 2. The van der Waals surface area contributed by atoms with Gasteiger partial charge < -0.3 is 30.9 Å². The Balaban J connectivity index is 1.81. The summed E-state index contributed by atoms with van der Waals surface area (Å²) in [6, 6.07) is 0. The molecule has 2 aromatic heterocycles. The molecule has 13 nitrogen and oxygen atoms in total. The number of ether oxygens (including phenoxy) is 1. The highest BCUT2D eigenvalue weighted by atomic mass is 19.3. The van der Waals surface area contributed by atoms with Crippen LogP contribution in [0.4, 0.5) is 26.6 Å². The van der Waals surface area contributed by atoms with E-state index in [1.165, 1.54) is 12.6 Å². The van der Waals surface area contributed by atoms with Crippen LogP contribution in [0.15, 0.2) is 6.20 Å². The van der Waals surface area contributed by atoms with Crippen molar-refractivity contribution in [1.29, 1.82) is 0 Å². The fourth-order valence-electron chi connectivity index (χ4n) is 5.02. The van der Waals surface area contributed by atoms with Crippen molar-refractivity contribution >= 4 is 30.7 Å². The van der Waals surface area contributed by atoms with E-state index in [2.05, 4.69) is 37.5 Å². The van der Waals surface area contributed by atoms with Gasteiger partial charge in [0.25, 0.3) is 6.43 Å². The molecule has 4 N–H and O–H groups in total. The van der Waals surface area contributed by atoms with Crippen molar-refractivity contribution in [2.45, 2.75) is 64.7 Å². The van der Waals surface area contributed by atoms with Gasteiger partial charge in [-0.1, -0.05) is 45.4 Å². The van der Waals surface area contributed by atoms with E-state index in [1.807, 2.05) is 9.80 Å². The number of anilines is 3. The number of nitrogen functional groups attached to an aromatic ring is 1. The second kappa shape index (κ2) is 18.7. The number of nitrogens with two attached hydrogens (primary N) is 1. The summed E-state index contributed by atoms with van der Waals surface area (Å²) in [6.07, 6.45) is 8.04. The van der Waals surface area contributed by atoms with Crippen LogP contribution in [0.3, 0.4) is 0 Å². The minimum atomic E-state index is -2.91. The van der Waals surface area contributed by atoms with Crippen molar-refractivity contribution in [3.05, 3.63) is 11.9 Å². The maximum absolute atomic E-state index is 13.9. The third-order valence-corrected chi connectivity index (χ3v) is 7.37. The number of unbranched alkanes of at least 4 members (excludes halogenated alkanes) is 3. The molecular weight excluding hydrogens is 562 g/mol. The second-order valence-electron chi connectivity index (χ2n) is 10.5. The molecular formula is C28H44F2N10O3. The highest BCUT2D eigenvalue weighted by Gasteiger charge is 2.24. The van der Waals surface area contributed by atoms with Gasteiger partial charge in [0, 0.05) is 45.5 Å². The first kappa shape index (κ1) is 33.7. The Morgan fingerprint density at radius 2 is 1.72 bits per heavy atom. The average molecular weight is 607 g/mol. The molecule has 1 aliphatic rings. The molecule has 0 saturated carbocycles. The Hall–Kier alpha value is -3.75. The maximum Gasteiger partial charge on any atom is 0.281 e. The Bertz CT molecular complexity index is 1120. The summed E-state index contributed by atoms with van der Waals surface area (Å²) in [4.78, 5) is 47.0. The normalized spacial score (nSPS) is 14.0. The summed E-state index contributed by atoms with van der Waals surface area (Å²) < 4.78 is 33.4. The Morgan fingerprint density at radius 1 is 0.977 bits per heavy atom. The summed E-state index contributed by atoms with van der Waals surface area (Å²) in [7, 11) is 0. The number of hydrogen-bond donors (Lipinski definition) is 3. The molecule has 15 heteroatoms. The van der Waals surface area contributed by atoms with E-state index in [0.717, 1.165) is 51.4 Å². The average Bonchev–Trinajstić information content (AvgIpc) is 3.02. The van der Waals surface area contributed by atoms with Crippen LogP contribution in [-0.2, 0) is 14.3 Å². The van der Waals surface area contributed by atoms with Crippen molar-refractivity contribution in [1.82, 2.24) is 35.6 Å². The minimum absolute atomic E-state index is 0.0180. The van der Waals surface area contributed by atoms with Crippen molar-refractivity contribution in [2.75, 3.05) is 68.0 Å². The highest BCUT2D eigenvalue weighted by Crippen LogP contribution is 2.30. The van der Waals surface area contributed by atoms with Crippen LogP contribution in [0, 0.1) is 5.92 Å². The number of amides is 2. The Kier molecular flexibility index (Phi) is 14.7. The van der Waals surface area contributed by atoms with E-state index in [1.54, 1.807) is 0 Å². The molecule has 43 heavy (non-hydrogen) atoms. The lowest BCUT2D eigenvalue weighted by Gasteiger charge is -2.29. The summed E-state index contributed by atoms with van der Waals surface area (Å²) in [5.74, 6) is 0.986. The predicted octanol–water partition coefficient (Wildman–Crippen LogP) is 2.74. The number of nitrogens with zero attached hydrogens (tertiary/aromatic N) is 7. The molecule has 0 aliphatic carbocycles. The molecule has 1 atom stereocenters. The van der Waals surface area contributed by atoms with E-state index in [9.17, 15) is 18.4 Å². The summed E-state index contributed by atoms with van der Waals surface area (Å²) in [6.45, 7) is 6.29. The molecule has 0 aromatic carbocycles. The Labute approximate surface area is 251 Å². The van der Waals surface area contributed by atoms with E-state index in [4.69, 9.17) is 15.5 Å². The summed E-state index contributed by atoms with van der Waals surface area (Å²) >= 11 is 0. The molecule has 1 saturated heterocycles. The number of aromatic nitrogens is 5. The predicted molar refractivity (Wildman–Crippen MR) is 160 cm³/mol. The fourth-order valence-corrected chi connectivity index (χ4v) is 5.02. The molecule has 3 heterocycles. The van der Waals surface area contributed by atoms with Gasteiger partial charge in [-0.3, -0.25) is 9.59 Å². The smallest absolute Gasteiger partial charge is 0.281 e. The van der Waals surface area contributed by atoms with Crippen LogP contribution in [-0.4, -0.2) is 90.2 Å². The van der Waals surface area contributed by atoms with E-state index < -0.39 is 12.1 Å². The first-order valence-corrected chi connectivity index (χ1v) is 15.1. The topological polar surface area (TPSA) is 164 Å². The van der Waals surface area contributed by atoms with Gasteiger partial charge in [0.1, 0.15) is 5.69 Å². The van der Waals surface area contributed by atoms with Gasteiger partial charge in [0.05, 0.1) is 18.8 Å². The van der Waals surface area contributed by atoms with Crippen molar-refractivity contribution in [2.24, 2.45) is 5.92 Å². The maximum atomic E-state index is 13.9. The van der Waals surface area contributed by atoms with Gasteiger partial charge in [-0.2, -0.15) is 15.0 Å². The third kappa shape index (κ3) is 11.1. The SMILES string of the molecule is CCCCC(CCCCCN(CCNC=O)c1nc(-c2cnc(N)nc2C(F)F)nc(N2CCOCC2)n1)CCNC=O. The van der Waals surface area contributed by atoms with Crippen LogP contribution in [0.2, 0.25) is 0 Å². The standard InChI is InChI=1S/C28H44F2N10O3/c1-2-3-7-21(9-10-32-19-41)8-5-4-6-12-39(13-11-33-20-42)27-36-25(22-18-34-26(31)35-23(22)24(29)30)37-28(38-27)40-14-16-43-17-15-40/h18-21,24H,2-17H2,1H3,(H,32,41)(H,33,42)(H2,31,34,35). The van der Waals surface area contributed by atoms with Gasteiger partial charge >= 0.3 is 0 Å². The van der Waals surface area contributed by atoms with E-state index in [0.29, 0.717) is 76.7 Å².